The van der Waals surface area contributed by atoms with Gasteiger partial charge in [0.25, 0.3) is 0 Å². The molecule has 3 nitrogen and oxygen atoms in total. The molecule has 0 unspecified atom stereocenters. The fourth-order valence-corrected chi connectivity index (χ4v) is 2.25. The Hall–Kier alpha value is -0.0300. The van der Waals surface area contributed by atoms with Gasteiger partial charge in [-0.3, -0.25) is 4.57 Å². The maximum Gasteiger partial charge on any atom is 0.201 e. The quantitative estimate of drug-likeness (QED) is 0.734. The van der Waals surface area contributed by atoms with E-state index in [1.165, 1.54) is 12.8 Å². The van der Waals surface area contributed by atoms with Crippen molar-refractivity contribution in [1.82, 2.24) is 14.8 Å². The fourth-order valence-electron chi connectivity index (χ4n) is 1.04. The van der Waals surface area contributed by atoms with Crippen molar-refractivity contribution in [2.45, 2.75) is 24.0 Å². The van der Waals surface area contributed by atoms with Crippen molar-refractivity contribution in [3.05, 3.63) is 4.73 Å². The second kappa shape index (κ2) is 2.79. The highest BCUT2D eigenvalue weighted by Crippen LogP contribution is 2.39. The maximum absolute atomic E-state index is 4.02. The van der Waals surface area contributed by atoms with Gasteiger partial charge in [-0.15, -0.1) is 10.2 Å². The van der Waals surface area contributed by atoms with Crippen LogP contribution in [-0.2, 0) is 0 Å². The first-order valence-corrected chi connectivity index (χ1v) is 5.49. The number of rotatable bonds is 2. The van der Waals surface area contributed by atoms with E-state index in [4.69, 9.17) is 0 Å². The van der Waals surface area contributed by atoms with Gasteiger partial charge in [0, 0.05) is 6.04 Å². The molecular formula is C6H8BrN3S. The van der Waals surface area contributed by atoms with Crippen molar-refractivity contribution < 1.29 is 0 Å². The molecule has 5 heteroatoms. The van der Waals surface area contributed by atoms with Gasteiger partial charge in [0.2, 0.25) is 4.73 Å². The molecule has 0 spiro atoms. The van der Waals surface area contributed by atoms with E-state index in [9.17, 15) is 0 Å². The van der Waals surface area contributed by atoms with E-state index in [-0.39, 0.29) is 0 Å². The molecular weight excluding hydrogens is 226 g/mol. The Morgan fingerprint density at radius 3 is 2.82 bits per heavy atom. The van der Waals surface area contributed by atoms with Crippen LogP contribution in [0.1, 0.15) is 18.9 Å². The van der Waals surface area contributed by atoms with Crippen molar-refractivity contribution in [1.29, 1.82) is 0 Å². The molecule has 0 saturated heterocycles. The van der Waals surface area contributed by atoms with Gasteiger partial charge in [-0.2, -0.15) is 0 Å². The molecule has 1 aliphatic rings. The lowest BCUT2D eigenvalue weighted by atomic mass is 10.7. The second-order valence-corrected chi connectivity index (χ2v) is 4.04. The van der Waals surface area contributed by atoms with Crippen LogP contribution in [0.3, 0.4) is 0 Å². The third-order valence-electron chi connectivity index (χ3n) is 1.72. The molecule has 0 bridgehead atoms. The van der Waals surface area contributed by atoms with E-state index in [0.717, 1.165) is 9.89 Å². The van der Waals surface area contributed by atoms with Crippen LogP contribution in [0, 0.1) is 0 Å². The van der Waals surface area contributed by atoms with Crippen molar-refractivity contribution in [3.8, 4) is 0 Å². The number of hydrogen-bond donors (Lipinski definition) is 0. The summed E-state index contributed by atoms with van der Waals surface area (Å²) < 4.78 is 3.02. The molecule has 1 saturated carbocycles. The van der Waals surface area contributed by atoms with Crippen LogP contribution in [0.4, 0.5) is 0 Å². The van der Waals surface area contributed by atoms with Crippen LogP contribution in [0.15, 0.2) is 9.89 Å². The van der Waals surface area contributed by atoms with Gasteiger partial charge >= 0.3 is 0 Å². The van der Waals surface area contributed by atoms with E-state index in [1.807, 2.05) is 6.26 Å². The van der Waals surface area contributed by atoms with Gasteiger partial charge in [-0.25, -0.2) is 0 Å². The monoisotopic (exact) mass is 233 g/mol. The van der Waals surface area contributed by atoms with E-state index in [1.54, 1.807) is 11.8 Å². The van der Waals surface area contributed by atoms with Gasteiger partial charge in [-0.05, 0) is 35.0 Å². The summed E-state index contributed by atoms with van der Waals surface area (Å²) in [7, 11) is 0. The predicted molar refractivity (Wildman–Crippen MR) is 47.8 cm³/mol. The molecule has 0 aromatic carbocycles. The first kappa shape index (κ1) is 7.61. The maximum atomic E-state index is 4.02. The zero-order valence-electron chi connectivity index (χ0n) is 6.12. The molecule has 0 N–H and O–H groups in total. The summed E-state index contributed by atoms with van der Waals surface area (Å²) in [5.41, 5.74) is 0. The van der Waals surface area contributed by atoms with Crippen LogP contribution in [0.25, 0.3) is 0 Å². The third-order valence-corrected chi connectivity index (χ3v) is 2.90. The van der Waals surface area contributed by atoms with Crippen LogP contribution in [-0.4, -0.2) is 21.0 Å². The highest BCUT2D eigenvalue weighted by Gasteiger charge is 2.28. The first-order valence-electron chi connectivity index (χ1n) is 3.47. The number of hydrogen-bond acceptors (Lipinski definition) is 3. The number of aromatic nitrogens is 3. The second-order valence-electron chi connectivity index (χ2n) is 2.56. The summed E-state index contributed by atoms with van der Waals surface area (Å²) in [6.07, 6.45) is 4.56. The fraction of sp³-hybridized carbons (Fsp3) is 0.667. The average Bonchev–Trinajstić information content (AvgIpc) is 2.76. The van der Waals surface area contributed by atoms with Crippen LogP contribution < -0.4 is 0 Å². The molecule has 2 rings (SSSR count). The molecule has 1 aliphatic carbocycles. The smallest absolute Gasteiger partial charge is 0.201 e. The van der Waals surface area contributed by atoms with Crippen molar-refractivity contribution in [3.63, 3.8) is 0 Å². The highest BCUT2D eigenvalue weighted by molar-refractivity contribution is 9.10. The zero-order chi connectivity index (χ0) is 7.84. The van der Waals surface area contributed by atoms with E-state index >= 15 is 0 Å². The Morgan fingerprint density at radius 1 is 1.55 bits per heavy atom. The Kier molecular flexibility index (Phi) is 1.93. The summed E-state index contributed by atoms with van der Waals surface area (Å²) in [5, 5.41) is 9.00. The standard InChI is InChI=1S/C6H8BrN3S/c1-11-6-9-8-5(7)10(6)4-2-3-4/h4H,2-3H2,1H3. The topological polar surface area (TPSA) is 30.7 Å². The molecule has 11 heavy (non-hydrogen) atoms. The summed E-state index contributed by atoms with van der Waals surface area (Å²) in [4.78, 5) is 0. The molecule has 0 amide bonds. The minimum Gasteiger partial charge on any atom is -0.294 e. The molecule has 0 aliphatic heterocycles. The average molecular weight is 234 g/mol. The largest absolute Gasteiger partial charge is 0.294 e. The molecule has 1 aromatic heterocycles. The van der Waals surface area contributed by atoms with E-state index < -0.39 is 0 Å². The van der Waals surface area contributed by atoms with E-state index in [2.05, 4.69) is 30.7 Å². The Labute approximate surface area is 77.7 Å². The molecule has 1 fully saturated rings. The molecule has 1 heterocycles. The number of halogens is 1. The Morgan fingerprint density at radius 2 is 2.27 bits per heavy atom. The normalized spacial score (nSPS) is 17.3. The number of nitrogens with zero attached hydrogens (tertiary/aromatic N) is 3. The summed E-state index contributed by atoms with van der Waals surface area (Å²) >= 11 is 5.02. The van der Waals surface area contributed by atoms with Crippen molar-refractivity contribution >= 4 is 27.7 Å². The summed E-state index contributed by atoms with van der Waals surface area (Å²) in [6, 6.07) is 0.654. The number of thioether (sulfide) groups is 1. The highest BCUT2D eigenvalue weighted by atomic mass is 79.9. The van der Waals surface area contributed by atoms with E-state index in [0.29, 0.717) is 6.04 Å². The van der Waals surface area contributed by atoms with Crippen molar-refractivity contribution in [2.24, 2.45) is 0 Å². The van der Waals surface area contributed by atoms with Crippen LogP contribution >= 0.6 is 27.7 Å². The summed E-state index contributed by atoms with van der Waals surface area (Å²) in [5.74, 6) is 0. The van der Waals surface area contributed by atoms with Gasteiger partial charge in [0.1, 0.15) is 0 Å². The third kappa shape index (κ3) is 1.31. The van der Waals surface area contributed by atoms with Gasteiger partial charge in [0.15, 0.2) is 5.16 Å². The summed E-state index contributed by atoms with van der Waals surface area (Å²) in [6.45, 7) is 0. The SMILES string of the molecule is CSc1nnc(Br)n1C1CC1. The minimum atomic E-state index is 0.654. The van der Waals surface area contributed by atoms with Gasteiger partial charge in [0.05, 0.1) is 0 Å². The van der Waals surface area contributed by atoms with Crippen molar-refractivity contribution in [2.75, 3.05) is 6.26 Å². The lowest BCUT2D eigenvalue weighted by molar-refractivity contribution is 0.650. The van der Waals surface area contributed by atoms with Crippen LogP contribution in [0.2, 0.25) is 0 Å². The lowest BCUT2D eigenvalue weighted by Crippen LogP contribution is -1.95. The Balaban J connectivity index is 2.38. The zero-order valence-corrected chi connectivity index (χ0v) is 8.52. The van der Waals surface area contributed by atoms with Gasteiger partial charge < -0.3 is 0 Å². The molecule has 0 atom stereocenters. The van der Waals surface area contributed by atoms with Gasteiger partial charge in [-0.1, -0.05) is 11.8 Å². The molecule has 0 radical (unpaired) electrons. The minimum absolute atomic E-state index is 0.654. The predicted octanol–water partition coefficient (Wildman–Crippen LogP) is 2.10. The molecule has 60 valence electrons. The molecule has 1 aromatic rings. The first-order chi connectivity index (χ1) is 5.33. The lowest BCUT2D eigenvalue weighted by Gasteiger charge is -2.01. The Bertz CT molecular complexity index is 269. The van der Waals surface area contributed by atoms with Crippen LogP contribution in [0.5, 0.6) is 0 Å².